The van der Waals surface area contributed by atoms with Crippen molar-refractivity contribution in [3.05, 3.63) is 59.2 Å². The molecule has 3 rings (SSSR count). The van der Waals surface area contributed by atoms with E-state index >= 15 is 0 Å². The smallest absolute Gasteiger partial charge is 0.248 e. The third-order valence-electron chi connectivity index (χ3n) is 3.88. The minimum absolute atomic E-state index is 0.297. The van der Waals surface area contributed by atoms with Gasteiger partial charge in [-0.3, -0.25) is 0 Å². The Balaban J connectivity index is 1.86. The highest BCUT2D eigenvalue weighted by molar-refractivity contribution is 7.98. The topological polar surface area (TPSA) is 53.5 Å². The van der Waals surface area contributed by atoms with Gasteiger partial charge < -0.3 is 14.2 Å². The summed E-state index contributed by atoms with van der Waals surface area (Å²) in [5.41, 5.74) is 2.62. The molecule has 5 nitrogen and oxygen atoms in total. The summed E-state index contributed by atoms with van der Waals surface area (Å²) < 4.78 is 15.7. The van der Waals surface area contributed by atoms with Crippen molar-refractivity contribution in [3.63, 3.8) is 0 Å². The minimum atomic E-state index is 0.297. The monoisotopic (exact) mass is 402 g/mol. The lowest BCUT2D eigenvalue weighted by atomic mass is 10.1. The molecule has 0 N–H and O–H groups in total. The summed E-state index contributed by atoms with van der Waals surface area (Å²) in [6.45, 7) is 0. The van der Waals surface area contributed by atoms with Gasteiger partial charge in [0.15, 0.2) is 10.2 Å². The normalized spacial score (nSPS) is 10.5. The zero-order valence-electron chi connectivity index (χ0n) is 15.2. The second kappa shape index (κ2) is 8.97. The molecule has 1 heterocycles. The van der Waals surface area contributed by atoms with Gasteiger partial charge in [0.25, 0.3) is 0 Å². The highest BCUT2D eigenvalue weighted by Crippen LogP contribution is 2.35. The summed E-state index contributed by atoms with van der Waals surface area (Å²) in [5, 5.41) is 0.981. The third-order valence-corrected chi connectivity index (χ3v) is 5.16. The van der Waals surface area contributed by atoms with Crippen LogP contribution in [0.15, 0.2) is 53.6 Å². The van der Waals surface area contributed by atoms with E-state index in [4.69, 9.17) is 30.8 Å². The Labute approximate surface area is 167 Å². The molecule has 0 saturated carbocycles. The van der Waals surface area contributed by atoms with Crippen molar-refractivity contribution in [2.45, 2.75) is 10.8 Å². The Hall–Kier alpha value is -2.44. The van der Waals surface area contributed by atoms with Crippen LogP contribution in [0.4, 0.5) is 0 Å². The lowest BCUT2D eigenvalue weighted by molar-refractivity contribution is 0.383. The Morgan fingerprint density at radius 1 is 0.815 bits per heavy atom. The van der Waals surface area contributed by atoms with Gasteiger partial charge in [0.1, 0.15) is 17.2 Å². The summed E-state index contributed by atoms with van der Waals surface area (Å²) in [6.07, 6.45) is 0. The van der Waals surface area contributed by atoms with Crippen molar-refractivity contribution in [1.29, 1.82) is 0 Å². The second-order valence-corrected chi connectivity index (χ2v) is 6.86. The second-order valence-electron chi connectivity index (χ2n) is 5.54. The van der Waals surface area contributed by atoms with Crippen LogP contribution in [-0.4, -0.2) is 31.3 Å². The molecule has 0 aliphatic heterocycles. The molecule has 0 radical (unpaired) electrons. The van der Waals surface area contributed by atoms with Crippen molar-refractivity contribution in [2.75, 3.05) is 21.3 Å². The molecule has 1 aromatic heterocycles. The average Bonchev–Trinajstić information content (AvgIpc) is 2.73. The molecule has 2 aromatic carbocycles. The summed E-state index contributed by atoms with van der Waals surface area (Å²) in [4.78, 5) is 9.05. The molecule has 0 spiro atoms. The van der Waals surface area contributed by atoms with Gasteiger partial charge in [-0.1, -0.05) is 35.5 Å². The van der Waals surface area contributed by atoms with Crippen molar-refractivity contribution >= 4 is 23.4 Å². The summed E-state index contributed by atoms with van der Waals surface area (Å²) in [7, 11) is 4.84. The molecule has 0 bridgehead atoms. The first-order valence-electron chi connectivity index (χ1n) is 8.16. The number of halogens is 1. The van der Waals surface area contributed by atoms with Crippen LogP contribution >= 0.6 is 23.4 Å². The van der Waals surface area contributed by atoms with Gasteiger partial charge in [-0.15, -0.1) is 0 Å². The predicted molar refractivity (Wildman–Crippen MR) is 108 cm³/mol. The summed E-state index contributed by atoms with van der Waals surface area (Å²) >= 11 is 7.87. The summed E-state index contributed by atoms with van der Waals surface area (Å²) in [5.74, 6) is 2.73. The average molecular weight is 403 g/mol. The van der Waals surface area contributed by atoms with Gasteiger partial charge >= 0.3 is 0 Å². The SMILES string of the molecule is COc1ccc(CSc2nc(-c3ccc(OC)cc3)c(Cl)nc2OC)cc1. The molecule has 0 atom stereocenters. The van der Waals surface area contributed by atoms with E-state index in [1.807, 2.05) is 48.5 Å². The van der Waals surface area contributed by atoms with Gasteiger partial charge in [0.05, 0.1) is 21.3 Å². The number of nitrogens with zero attached hydrogens (tertiary/aromatic N) is 2. The quantitative estimate of drug-likeness (QED) is 0.511. The van der Waals surface area contributed by atoms with E-state index in [2.05, 4.69) is 4.98 Å². The number of benzene rings is 2. The van der Waals surface area contributed by atoms with E-state index in [9.17, 15) is 0 Å². The molecule has 3 aromatic rings. The van der Waals surface area contributed by atoms with Gasteiger partial charge in [-0.2, -0.15) is 4.98 Å². The van der Waals surface area contributed by atoms with E-state index in [0.717, 1.165) is 28.4 Å². The Bertz CT molecular complexity index is 902. The molecular formula is C20H19ClN2O3S. The molecule has 0 aliphatic rings. The maximum absolute atomic E-state index is 6.33. The van der Waals surface area contributed by atoms with Gasteiger partial charge in [-0.25, -0.2) is 4.98 Å². The third kappa shape index (κ3) is 4.64. The molecule has 0 fully saturated rings. The first kappa shape index (κ1) is 19.3. The van der Waals surface area contributed by atoms with Crippen molar-refractivity contribution in [3.8, 4) is 28.6 Å². The fraction of sp³-hybridized carbons (Fsp3) is 0.200. The largest absolute Gasteiger partial charge is 0.497 e. The van der Waals surface area contributed by atoms with Crippen LogP contribution in [0.3, 0.4) is 0 Å². The van der Waals surface area contributed by atoms with E-state index in [0.29, 0.717) is 21.8 Å². The fourth-order valence-corrected chi connectivity index (χ4v) is 3.55. The maximum atomic E-state index is 6.33. The number of aromatic nitrogens is 2. The Morgan fingerprint density at radius 2 is 1.41 bits per heavy atom. The Kier molecular flexibility index (Phi) is 6.42. The Morgan fingerprint density at radius 3 is 1.96 bits per heavy atom. The van der Waals surface area contributed by atoms with Crippen molar-refractivity contribution in [1.82, 2.24) is 9.97 Å². The van der Waals surface area contributed by atoms with Crippen LogP contribution in [-0.2, 0) is 5.75 Å². The molecule has 0 aliphatic carbocycles. The minimum Gasteiger partial charge on any atom is -0.497 e. The number of thioether (sulfide) groups is 1. The molecule has 27 heavy (non-hydrogen) atoms. The molecule has 140 valence electrons. The highest BCUT2D eigenvalue weighted by atomic mass is 35.5. The number of methoxy groups -OCH3 is 3. The first-order chi connectivity index (χ1) is 13.1. The standard InChI is InChI=1S/C20H19ClN2O3S/c1-24-15-8-4-13(5-9-15)12-27-20-19(26-3)23-18(21)17(22-20)14-6-10-16(25-2)11-7-14/h4-11H,12H2,1-3H3. The fourth-order valence-electron chi connectivity index (χ4n) is 2.42. The molecule has 7 heteroatoms. The van der Waals surface area contributed by atoms with Crippen molar-refractivity contribution < 1.29 is 14.2 Å². The predicted octanol–water partition coefficient (Wildman–Crippen LogP) is 5.12. The zero-order chi connectivity index (χ0) is 19.2. The molecular weight excluding hydrogens is 384 g/mol. The van der Waals surface area contributed by atoms with E-state index in [1.165, 1.54) is 0 Å². The molecule has 0 saturated heterocycles. The van der Waals surface area contributed by atoms with E-state index < -0.39 is 0 Å². The van der Waals surface area contributed by atoms with Gasteiger partial charge in [0.2, 0.25) is 5.88 Å². The molecule has 0 unspecified atom stereocenters. The lowest BCUT2D eigenvalue weighted by Gasteiger charge is -2.11. The van der Waals surface area contributed by atoms with Crippen molar-refractivity contribution in [2.24, 2.45) is 0 Å². The number of ether oxygens (including phenoxy) is 3. The van der Waals surface area contributed by atoms with Crippen LogP contribution in [0.1, 0.15) is 5.56 Å². The van der Waals surface area contributed by atoms with E-state index in [1.54, 1.807) is 33.1 Å². The zero-order valence-corrected chi connectivity index (χ0v) is 16.8. The van der Waals surface area contributed by atoms with Crippen LogP contribution in [0.5, 0.6) is 17.4 Å². The lowest BCUT2D eigenvalue weighted by Crippen LogP contribution is -1.98. The number of rotatable bonds is 7. The van der Waals surface area contributed by atoms with Crippen LogP contribution < -0.4 is 14.2 Å². The van der Waals surface area contributed by atoms with Gasteiger partial charge in [-0.05, 0) is 42.0 Å². The number of hydrogen-bond acceptors (Lipinski definition) is 6. The first-order valence-corrected chi connectivity index (χ1v) is 9.52. The highest BCUT2D eigenvalue weighted by Gasteiger charge is 2.15. The van der Waals surface area contributed by atoms with Crippen LogP contribution in [0.25, 0.3) is 11.3 Å². The van der Waals surface area contributed by atoms with Crippen LogP contribution in [0.2, 0.25) is 5.15 Å². The maximum Gasteiger partial charge on any atom is 0.248 e. The summed E-state index contributed by atoms with van der Waals surface area (Å²) in [6, 6.07) is 15.4. The molecule has 0 amide bonds. The van der Waals surface area contributed by atoms with Gasteiger partial charge in [0, 0.05) is 11.3 Å². The number of hydrogen-bond donors (Lipinski definition) is 0. The van der Waals surface area contributed by atoms with Crippen LogP contribution in [0, 0.1) is 0 Å². The van der Waals surface area contributed by atoms with E-state index in [-0.39, 0.29) is 0 Å².